The van der Waals surface area contributed by atoms with Crippen LogP contribution in [0.3, 0.4) is 0 Å². The molecule has 1 N–H and O–H groups in total. The first-order valence-corrected chi connectivity index (χ1v) is 9.97. The molecule has 0 saturated carbocycles. The molecule has 0 aliphatic rings. The number of carbonyl (C=O) groups is 1. The molecule has 7 heteroatoms. The maximum Gasteiger partial charge on any atom is 0.234 e. The third kappa shape index (κ3) is 4.83. The molecule has 134 valence electrons. The minimum absolute atomic E-state index is 0.0770. The van der Waals surface area contributed by atoms with Gasteiger partial charge in [0.25, 0.3) is 0 Å². The zero-order valence-corrected chi connectivity index (χ0v) is 16.2. The van der Waals surface area contributed by atoms with Gasteiger partial charge in [0.1, 0.15) is 5.75 Å². The molecule has 0 radical (unpaired) electrons. The first-order valence-electron chi connectivity index (χ1n) is 8.21. The molecular weight excluding hydrogens is 366 g/mol. The first kappa shape index (κ1) is 18.4. The number of hydrogen-bond acceptors (Lipinski definition) is 6. The number of benzene rings is 2. The van der Waals surface area contributed by atoms with Crippen LogP contribution in [-0.2, 0) is 4.79 Å². The van der Waals surface area contributed by atoms with Crippen LogP contribution < -0.4 is 10.1 Å². The second kappa shape index (κ2) is 8.82. The fourth-order valence-electron chi connectivity index (χ4n) is 2.33. The van der Waals surface area contributed by atoms with Crippen molar-refractivity contribution in [2.75, 3.05) is 17.7 Å². The van der Waals surface area contributed by atoms with Crippen molar-refractivity contribution in [3.05, 3.63) is 54.1 Å². The summed E-state index contributed by atoms with van der Waals surface area (Å²) in [5.41, 5.74) is 2.90. The molecular formula is C19H19N3O2S2. The van der Waals surface area contributed by atoms with Gasteiger partial charge in [0.2, 0.25) is 5.91 Å². The summed E-state index contributed by atoms with van der Waals surface area (Å²) in [5, 5.41) is 2.87. The summed E-state index contributed by atoms with van der Waals surface area (Å²) in [6.07, 6.45) is 0. The van der Waals surface area contributed by atoms with Crippen LogP contribution in [0.4, 0.5) is 5.69 Å². The zero-order chi connectivity index (χ0) is 18.4. The normalized spacial score (nSPS) is 10.5. The topological polar surface area (TPSA) is 64.1 Å². The summed E-state index contributed by atoms with van der Waals surface area (Å²) in [6.45, 7) is 4.59. The molecule has 1 heterocycles. The fraction of sp³-hybridized carbons (Fsp3) is 0.211. The average molecular weight is 386 g/mol. The van der Waals surface area contributed by atoms with Crippen molar-refractivity contribution in [1.82, 2.24) is 9.36 Å². The van der Waals surface area contributed by atoms with Crippen LogP contribution in [0.5, 0.6) is 5.75 Å². The van der Waals surface area contributed by atoms with E-state index in [1.165, 1.54) is 23.3 Å². The molecule has 1 amide bonds. The highest BCUT2D eigenvalue weighted by Crippen LogP contribution is 2.27. The van der Waals surface area contributed by atoms with E-state index in [1.807, 2.05) is 62.4 Å². The van der Waals surface area contributed by atoms with Crippen molar-refractivity contribution in [2.45, 2.75) is 18.2 Å². The molecule has 2 aromatic carbocycles. The van der Waals surface area contributed by atoms with Gasteiger partial charge in [-0.05, 0) is 55.2 Å². The highest BCUT2D eigenvalue weighted by Gasteiger charge is 2.11. The van der Waals surface area contributed by atoms with E-state index in [9.17, 15) is 4.79 Å². The van der Waals surface area contributed by atoms with Crippen LogP contribution in [-0.4, -0.2) is 27.6 Å². The van der Waals surface area contributed by atoms with Crippen LogP contribution >= 0.6 is 23.3 Å². The molecule has 3 rings (SSSR count). The third-order valence-corrected chi connectivity index (χ3v) is 5.40. The Kier molecular flexibility index (Phi) is 6.25. The summed E-state index contributed by atoms with van der Waals surface area (Å²) in [6, 6.07) is 15.3. The van der Waals surface area contributed by atoms with E-state index in [2.05, 4.69) is 14.7 Å². The number of ether oxygens (including phenoxy) is 1. The van der Waals surface area contributed by atoms with Crippen molar-refractivity contribution >= 4 is 34.9 Å². The third-order valence-electron chi connectivity index (χ3n) is 3.57. The predicted octanol–water partition coefficient (Wildman–Crippen LogP) is 4.64. The lowest BCUT2D eigenvalue weighted by Gasteiger charge is -2.06. The number of amides is 1. The van der Waals surface area contributed by atoms with Crippen LogP contribution in [0.25, 0.3) is 11.4 Å². The second-order valence-corrected chi connectivity index (χ2v) is 7.47. The summed E-state index contributed by atoms with van der Waals surface area (Å²) in [7, 11) is 0. The van der Waals surface area contributed by atoms with E-state index < -0.39 is 0 Å². The van der Waals surface area contributed by atoms with Crippen molar-refractivity contribution in [3.63, 3.8) is 0 Å². The van der Waals surface area contributed by atoms with Gasteiger partial charge in [0.05, 0.1) is 12.4 Å². The molecule has 0 unspecified atom stereocenters. The Morgan fingerprint density at radius 3 is 2.69 bits per heavy atom. The summed E-state index contributed by atoms with van der Waals surface area (Å²) in [5.74, 6) is 1.71. The largest absolute Gasteiger partial charge is 0.494 e. The van der Waals surface area contributed by atoms with Crippen molar-refractivity contribution in [3.8, 4) is 17.1 Å². The van der Waals surface area contributed by atoms with Gasteiger partial charge in [-0.1, -0.05) is 36.0 Å². The quantitative estimate of drug-likeness (QED) is 0.600. The molecule has 0 atom stereocenters. The number of nitrogens with one attached hydrogen (secondary N) is 1. The van der Waals surface area contributed by atoms with Gasteiger partial charge in [0.15, 0.2) is 10.2 Å². The Morgan fingerprint density at radius 2 is 1.96 bits per heavy atom. The van der Waals surface area contributed by atoms with E-state index in [0.717, 1.165) is 26.9 Å². The number of aryl methyl sites for hydroxylation is 1. The van der Waals surface area contributed by atoms with Crippen LogP contribution in [0.2, 0.25) is 0 Å². The number of anilines is 1. The average Bonchev–Trinajstić information content (AvgIpc) is 3.11. The van der Waals surface area contributed by atoms with E-state index in [-0.39, 0.29) is 11.7 Å². The molecule has 0 aliphatic carbocycles. The van der Waals surface area contributed by atoms with Crippen molar-refractivity contribution < 1.29 is 9.53 Å². The molecule has 0 fully saturated rings. The SMILES string of the molecule is CCOc1ccc(NC(=O)CSc2nc(-c3ccccc3C)ns2)cc1. The number of aromatic nitrogens is 2. The maximum absolute atomic E-state index is 12.1. The van der Waals surface area contributed by atoms with Crippen LogP contribution in [0.15, 0.2) is 52.9 Å². The van der Waals surface area contributed by atoms with E-state index >= 15 is 0 Å². The van der Waals surface area contributed by atoms with Gasteiger partial charge in [-0.15, -0.1) is 0 Å². The number of rotatable bonds is 7. The summed E-state index contributed by atoms with van der Waals surface area (Å²) in [4.78, 5) is 16.6. The lowest BCUT2D eigenvalue weighted by atomic mass is 10.1. The van der Waals surface area contributed by atoms with Crippen LogP contribution in [0, 0.1) is 6.92 Å². The Labute approximate surface area is 161 Å². The molecule has 3 aromatic rings. The van der Waals surface area contributed by atoms with Crippen molar-refractivity contribution in [1.29, 1.82) is 0 Å². The highest BCUT2D eigenvalue weighted by atomic mass is 32.2. The number of thioether (sulfide) groups is 1. The van der Waals surface area contributed by atoms with E-state index in [4.69, 9.17) is 4.74 Å². The maximum atomic E-state index is 12.1. The molecule has 0 saturated heterocycles. The van der Waals surface area contributed by atoms with Gasteiger partial charge in [-0.25, -0.2) is 4.98 Å². The summed E-state index contributed by atoms with van der Waals surface area (Å²) >= 11 is 2.70. The Bertz CT molecular complexity index is 879. The Morgan fingerprint density at radius 1 is 1.19 bits per heavy atom. The van der Waals surface area contributed by atoms with E-state index in [1.54, 1.807) is 0 Å². The molecule has 0 bridgehead atoms. The van der Waals surface area contributed by atoms with Gasteiger partial charge in [-0.3, -0.25) is 4.79 Å². The lowest BCUT2D eigenvalue weighted by molar-refractivity contribution is -0.113. The van der Waals surface area contributed by atoms with Gasteiger partial charge in [0, 0.05) is 11.3 Å². The van der Waals surface area contributed by atoms with Crippen LogP contribution in [0.1, 0.15) is 12.5 Å². The fourth-order valence-corrected chi connectivity index (χ4v) is 3.74. The van der Waals surface area contributed by atoms with Gasteiger partial charge in [-0.2, -0.15) is 4.37 Å². The molecule has 0 aliphatic heterocycles. The molecule has 5 nitrogen and oxygen atoms in total. The minimum Gasteiger partial charge on any atom is -0.494 e. The van der Waals surface area contributed by atoms with Gasteiger partial charge < -0.3 is 10.1 Å². The van der Waals surface area contributed by atoms with E-state index in [0.29, 0.717) is 12.4 Å². The number of carbonyl (C=O) groups excluding carboxylic acids is 1. The smallest absolute Gasteiger partial charge is 0.234 e. The minimum atomic E-state index is -0.0770. The predicted molar refractivity (Wildman–Crippen MR) is 107 cm³/mol. The highest BCUT2D eigenvalue weighted by molar-refractivity contribution is 8.01. The number of nitrogens with zero attached hydrogens (tertiary/aromatic N) is 2. The Hall–Kier alpha value is -2.38. The standard InChI is InChI=1S/C19H19N3O2S2/c1-3-24-15-10-8-14(9-11-15)20-17(23)12-25-19-21-18(22-26-19)16-7-5-4-6-13(16)2/h4-11H,3,12H2,1-2H3,(H,20,23). The zero-order valence-electron chi connectivity index (χ0n) is 14.6. The van der Waals surface area contributed by atoms with Gasteiger partial charge >= 0.3 is 0 Å². The Balaban J connectivity index is 1.54. The monoisotopic (exact) mass is 385 g/mol. The van der Waals surface area contributed by atoms with Crippen molar-refractivity contribution in [2.24, 2.45) is 0 Å². The molecule has 0 spiro atoms. The molecule has 1 aromatic heterocycles. The summed E-state index contributed by atoms with van der Waals surface area (Å²) < 4.78 is 10.6. The number of hydrogen-bond donors (Lipinski definition) is 1. The molecule has 26 heavy (non-hydrogen) atoms. The second-order valence-electron chi connectivity index (χ2n) is 5.49. The first-order chi connectivity index (χ1) is 12.7. The lowest BCUT2D eigenvalue weighted by Crippen LogP contribution is -2.13.